The van der Waals surface area contributed by atoms with Crippen molar-refractivity contribution in [1.82, 2.24) is 19.9 Å². The van der Waals surface area contributed by atoms with E-state index >= 15 is 0 Å². The Balaban J connectivity index is 1.61. The molecule has 5 nitrogen and oxygen atoms in total. The SMILES string of the molecule is CC(C)(C)c1ncc2c(n1)CN(C(=O)c1cc3cc(F)ccc3[nH]1)C2. The quantitative estimate of drug-likeness (QED) is 0.738. The third-order valence-electron chi connectivity index (χ3n) is 4.43. The minimum atomic E-state index is -0.316. The summed E-state index contributed by atoms with van der Waals surface area (Å²) in [6.45, 7) is 7.15. The van der Waals surface area contributed by atoms with Crippen LogP contribution in [0.4, 0.5) is 4.39 Å². The molecule has 1 aromatic carbocycles. The van der Waals surface area contributed by atoms with Crippen molar-refractivity contribution < 1.29 is 9.18 Å². The Labute approximate surface area is 144 Å². The highest BCUT2D eigenvalue weighted by molar-refractivity contribution is 5.98. The lowest BCUT2D eigenvalue weighted by molar-refractivity contribution is 0.0745. The number of amides is 1. The third-order valence-corrected chi connectivity index (χ3v) is 4.43. The molecule has 0 atom stereocenters. The van der Waals surface area contributed by atoms with Gasteiger partial charge in [-0.2, -0.15) is 0 Å². The number of hydrogen-bond acceptors (Lipinski definition) is 3. The molecular weight excluding hydrogens is 319 g/mol. The number of fused-ring (bicyclic) bond motifs is 2. The van der Waals surface area contributed by atoms with Gasteiger partial charge in [-0.05, 0) is 24.3 Å². The van der Waals surface area contributed by atoms with Crippen molar-refractivity contribution in [2.75, 3.05) is 0 Å². The van der Waals surface area contributed by atoms with Crippen LogP contribution in [-0.4, -0.2) is 25.8 Å². The van der Waals surface area contributed by atoms with Crippen LogP contribution >= 0.6 is 0 Å². The summed E-state index contributed by atoms with van der Waals surface area (Å²) in [5.41, 5.74) is 2.95. The predicted molar refractivity (Wildman–Crippen MR) is 92.6 cm³/mol. The molecule has 0 bridgehead atoms. The molecule has 3 heterocycles. The number of nitrogens with one attached hydrogen (secondary N) is 1. The van der Waals surface area contributed by atoms with Crippen LogP contribution in [0.2, 0.25) is 0 Å². The maximum atomic E-state index is 13.3. The van der Waals surface area contributed by atoms with E-state index in [9.17, 15) is 9.18 Å². The van der Waals surface area contributed by atoms with Crippen LogP contribution in [0, 0.1) is 5.82 Å². The largest absolute Gasteiger partial charge is 0.351 e. The number of halogens is 1. The van der Waals surface area contributed by atoms with Gasteiger partial charge in [-0.1, -0.05) is 20.8 Å². The van der Waals surface area contributed by atoms with Gasteiger partial charge in [0, 0.05) is 34.6 Å². The first-order valence-corrected chi connectivity index (χ1v) is 8.24. The number of carbonyl (C=O) groups excluding carboxylic acids is 1. The Morgan fingerprint density at radius 3 is 2.80 bits per heavy atom. The van der Waals surface area contributed by atoms with Gasteiger partial charge < -0.3 is 9.88 Å². The van der Waals surface area contributed by atoms with Gasteiger partial charge in [0.2, 0.25) is 0 Å². The molecule has 0 saturated carbocycles. The summed E-state index contributed by atoms with van der Waals surface area (Å²) in [7, 11) is 0. The van der Waals surface area contributed by atoms with Crippen molar-refractivity contribution in [2.45, 2.75) is 39.3 Å². The number of nitrogens with zero attached hydrogens (tertiary/aromatic N) is 3. The van der Waals surface area contributed by atoms with Crippen molar-refractivity contribution in [1.29, 1.82) is 0 Å². The number of H-pyrrole nitrogens is 1. The van der Waals surface area contributed by atoms with E-state index in [-0.39, 0.29) is 17.1 Å². The summed E-state index contributed by atoms with van der Waals surface area (Å²) in [5, 5.41) is 0.690. The van der Waals surface area contributed by atoms with Gasteiger partial charge in [0.05, 0.1) is 12.2 Å². The number of carbonyl (C=O) groups is 1. The molecule has 0 radical (unpaired) electrons. The lowest BCUT2D eigenvalue weighted by Crippen LogP contribution is -2.25. The van der Waals surface area contributed by atoms with E-state index < -0.39 is 0 Å². The van der Waals surface area contributed by atoms with E-state index in [2.05, 4.69) is 35.7 Å². The average Bonchev–Trinajstić information content (AvgIpc) is 3.15. The van der Waals surface area contributed by atoms with Crippen molar-refractivity contribution in [3.63, 3.8) is 0 Å². The van der Waals surface area contributed by atoms with Gasteiger partial charge >= 0.3 is 0 Å². The van der Waals surface area contributed by atoms with Crippen molar-refractivity contribution >= 4 is 16.8 Å². The van der Waals surface area contributed by atoms with Crippen LogP contribution in [0.5, 0.6) is 0 Å². The van der Waals surface area contributed by atoms with Gasteiger partial charge in [-0.15, -0.1) is 0 Å². The van der Waals surface area contributed by atoms with Gasteiger partial charge in [0.25, 0.3) is 5.91 Å². The van der Waals surface area contributed by atoms with Crippen LogP contribution in [-0.2, 0) is 18.5 Å². The van der Waals surface area contributed by atoms with Crippen LogP contribution in [0.3, 0.4) is 0 Å². The van der Waals surface area contributed by atoms with Gasteiger partial charge in [-0.3, -0.25) is 4.79 Å². The second-order valence-electron chi connectivity index (χ2n) is 7.49. The summed E-state index contributed by atoms with van der Waals surface area (Å²) < 4.78 is 13.3. The summed E-state index contributed by atoms with van der Waals surface area (Å²) >= 11 is 0. The third kappa shape index (κ3) is 2.77. The van der Waals surface area contributed by atoms with E-state index in [1.807, 2.05) is 6.20 Å². The van der Waals surface area contributed by atoms with E-state index in [0.717, 1.165) is 22.6 Å². The Hall–Kier alpha value is -2.76. The average molecular weight is 338 g/mol. The highest BCUT2D eigenvalue weighted by Gasteiger charge is 2.28. The minimum absolute atomic E-state index is 0.119. The number of rotatable bonds is 1. The zero-order chi connectivity index (χ0) is 17.8. The molecule has 1 aliphatic rings. The Kier molecular flexibility index (Phi) is 3.39. The monoisotopic (exact) mass is 338 g/mol. The fourth-order valence-corrected chi connectivity index (χ4v) is 3.05. The van der Waals surface area contributed by atoms with Crippen LogP contribution in [0.25, 0.3) is 10.9 Å². The molecule has 0 unspecified atom stereocenters. The first-order chi connectivity index (χ1) is 11.8. The minimum Gasteiger partial charge on any atom is -0.351 e. The summed E-state index contributed by atoms with van der Waals surface area (Å²) in [6, 6.07) is 6.13. The molecule has 0 spiro atoms. The van der Waals surface area contributed by atoms with Gasteiger partial charge in [0.1, 0.15) is 17.3 Å². The van der Waals surface area contributed by atoms with Crippen LogP contribution in [0.1, 0.15) is 48.3 Å². The highest BCUT2D eigenvalue weighted by atomic mass is 19.1. The number of hydrogen-bond donors (Lipinski definition) is 1. The van der Waals surface area contributed by atoms with E-state index in [0.29, 0.717) is 24.2 Å². The van der Waals surface area contributed by atoms with E-state index in [4.69, 9.17) is 0 Å². The normalized spacial score (nSPS) is 14.2. The first kappa shape index (κ1) is 15.7. The Bertz CT molecular complexity index is 987. The first-order valence-electron chi connectivity index (χ1n) is 8.24. The lowest BCUT2D eigenvalue weighted by atomic mass is 9.95. The standard InChI is InChI=1S/C19H19FN4O/c1-19(2,3)18-21-8-12-9-24(10-16(12)23-18)17(25)15-7-11-6-13(20)4-5-14(11)22-15/h4-8,22H,9-10H2,1-3H3. The van der Waals surface area contributed by atoms with E-state index in [1.165, 1.54) is 12.1 Å². The second-order valence-corrected chi connectivity index (χ2v) is 7.49. The zero-order valence-electron chi connectivity index (χ0n) is 14.4. The molecule has 0 saturated heterocycles. The Morgan fingerprint density at radius 1 is 1.24 bits per heavy atom. The molecule has 2 aromatic heterocycles. The summed E-state index contributed by atoms with van der Waals surface area (Å²) in [6.07, 6.45) is 1.82. The fourth-order valence-electron chi connectivity index (χ4n) is 3.05. The molecule has 128 valence electrons. The van der Waals surface area contributed by atoms with Crippen LogP contribution < -0.4 is 0 Å². The Morgan fingerprint density at radius 2 is 2.04 bits per heavy atom. The number of benzene rings is 1. The number of aromatic amines is 1. The van der Waals surface area contributed by atoms with Gasteiger partial charge in [-0.25, -0.2) is 14.4 Å². The molecule has 25 heavy (non-hydrogen) atoms. The molecule has 0 fully saturated rings. The van der Waals surface area contributed by atoms with Crippen molar-refractivity contribution in [3.8, 4) is 0 Å². The lowest BCUT2D eigenvalue weighted by Gasteiger charge is -2.16. The van der Waals surface area contributed by atoms with E-state index in [1.54, 1.807) is 17.0 Å². The maximum Gasteiger partial charge on any atom is 0.270 e. The molecular formula is C19H19FN4O. The zero-order valence-corrected chi connectivity index (χ0v) is 14.4. The molecule has 4 rings (SSSR count). The summed E-state index contributed by atoms with van der Waals surface area (Å²) in [4.78, 5) is 26.7. The molecule has 1 aliphatic heterocycles. The van der Waals surface area contributed by atoms with Gasteiger partial charge in [0.15, 0.2) is 0 Å². The number of aromatic nitrogens is 3. The predicted octanol–water partition coefficient (Wildman–Crippen LogP) is 3.55. The van der Waals surface area contributed by atoms with Crippen molar-refractivity contribution in [2.24, 2.45) is 0 Å². The summed E-state index contributed by atoms with van der Waals surface area (Å²) in [5.74, 6) is 0.345. The molecule has 0 aliphatic carbocycles. The molecule has 6 heteroatoms. The van der Waals surface area contributed by atoms with Crippen LogP contribution in [0.15, 0.2) is 30.5 Å². The molecule has 1 N–H and O–H groups in total. The molecule has 1 amide bonds. The molecule has 3 aromatic rings. The topological polar surface area (TPSA) is 61.9 Å². The maximum absolute atomic E-state index is 13.3. The second kappa shape index (κ2) is 5.37. The highest BCUT2D eigenvalue weighted by Crippen LogP contribution is 2.26. The smallest absolute Gasteiger partial charge is 0.270 e. The van der Waals surface area contributed by atoms with Crippen molar-refractivity contribution in [3.05, 3.63) is 59.1 Å². The fraction of sp³-hybridized carbons (Fsp3) is 0.316.